The van der Waals surface area contributed by atoms with E-state index in [1.54, 1.807) is 0 Å². The molecule has 0 aliphatic rings. The van der Waals surface area contributed by atoms with Gasteiger partial charge in [-0.15, -0.1) is 0 Å². The predicted molar refractivity (Wildman–Crippen MR) is 400 cm³/mol. The maximum atomic E-state index is 13.1. The molecule has 0 aromatic carbocycles. The van der Waals surface area contributed by atoms with E-state index in [0.29, 0.717) is 31.6 Å². The van der Waals surface area contributed by atoms with Crippen molar-refractivity contribution in [1.29, 1.82) is 0 Å². The molecule has 0 saturated heterocycles. The summed E-state index contributed by atoms with van der Waals surface area (Å²) in [6, 6.07) is 0. The monoisotopic (exact) mass is 1440 g/mol. The van der Waals surface area contributed by atoms with E-state index in [-0.39, 0.29) is 25.7 Å². The molecule has 0 radical (unpaired) electrons. The maximum absolute atomic E-state index is 13.1. The van der Waals surface area contributed by atoms with Gasteiger partial charge in [0.15, 0.2) is 12.2 Å². The van der Waals surface area contributed by atoms with Crippen molar-refractivity contribution in [2.75, 3.05) is 39.6 Å². The Labute approximate surface area is 600 Å². The van der Waals surface area contributed by atoms with Gasteiger partial charge in [-0.3, -0.25) is 37.3 Å². The van der Waals surface area contributed by atoms with Crippen LogP contribution in [0.5, 0.6) is 0 Å². The Morgan fingerprint density at radius 2 is 0.469 bits per heavy atom. The van der Waals surface area contributed by atoms with Crippen molar-refractivity contribution in [3.8, 4) is 0 Å². The van der Waals surface area contributed by atoms with Crippen LogP contribution in [0.15, 0.2) is 0 Å². The Bertz CT molecular complexity index is 1870. The standard InChI is InChI=1S/C79H154O17P2/c1-6-9-12-15-18-21-24-26-28-30-31-32-33-34-36-38-41-44-49-55-60-65-79(84)95-74(68-89-76(81)62-57-52-47-42-40-37-35-29-27-25-22-19-16-13-10-7-2)70-93-97(85,86)91-66-73(80)67-92-98(87,88)94-71-75(69-90-77(82)63-58-53-50-45-46-51-56-61-72(4)5)96-78(83)64-59-54-48-43-39-23-20-17-14-11-8-3/h72-75,80H,6-71H2,1-5H3,(H,85,86)(H,87,88)/t73-,74-,75-/m1/s1. The quantitative estimate of drug-likeness (QED) is 0.0222. The lowest BCUT2D eigenvalue weighted by Crippen LogP contribution is -2.30. The zero-order valence-corrected chi connectivity index (χ0v) is 65.7. The smallest absolute Gasteiger partial charge is 0.462 e. The zero-order valence-electron chi connectivity index (χ0n) is 63.9. The minimum absolute atomic E-state index is 0.107. The van der Waals surface area contributed by atoms with Crippen LogP contribution < -0.4 is 0 Å². The summed E-state index contributed by atoms with van der Waals surface area (Å²) >= 11 is 0. The summed E-state index contributed by atoms with van der Waals surface area (Å²) in [5.41, 5.74) is 0. The van der Waals surface area contributed by atoms with Crippen molar-refractivity contribution in [3.63, 3.8) is 0 Å². The molecule has 0 spiro atoms. The molecule has 0 amide bonds. The second kappa shape index (κ2) is 72.0. The van der Waals surface area contributed by atoms with E-state index in [1.807, 2.05) is 0 Å². The molecule has 0 bridgehead atoms. The Hall–Kier alpha value is -1.94. The van der Waals surface area contributed by atoms with Gasteiger partial charge in [0, 0.05) is 25.7 Å². The number of aliphatic hydroxyl groups is 1. The Balaban J connectivity index is 5.20. The highest BCUT2D eigenvalue weighted by molar-refractivity contribution is 7.47. The summed E-state index contributed by atoms with van der Waals surface area (Å²) in [6.45, 7) is 7.25. The van der Waals surface area contributed by atoms with Crippen LogP contribution in [0.25, 0.3) is 0 Å². The predicted octanol–water partition coefficient (Wildman–Crippen LogP) is 23.6. The summed E-state index contributed by atoms with van der Waals surface area (Å²) < 4.78 is 68.6. The summed E-state index contributed by atoms with van der Waals surface area (Å²) in [5.74, 6) is -1.41. The molecule has 2 unspecified atom stereocenters. The van der Waals surface area contributed by atoms with Crippen molar-refractivity contribution in [1.82, 2.24) is 0 Å². The first-order chi connectivity index (χ1) is 47.5. The van der Waals surface area contributed by atoms with Gasteiger partial charge in [-0.25, -0.2) is 9.13 Å². The topological polar surface area (TPSA) is 237 Å². The highest BCUT2D eigenvalue weighted by Gasteiger charge is 2.30. The molecule has 0 aliphatic carbocycles. The van der Waals surface area contributed by atoms with Gasteiger partial charge in [-0.1, -0.05) is 369 Å². The summed E-state index contributed by atoms with van der Waals surface area (Å²) in [6.07, 6.45) is 62.6. The number of hydrogen-bond donors (Lipinski definition) is 3. The number of rotatable bonds is 79. The van der Waals surface area contributed by atoms with Gasteiger partial charge in [0.05, 0.1) is 26.4 Å². The normalized spacial score (nSPS) is 13.9. The molecule has 0 rings (SSSR count). The van der Waals surface area contributed by atoms with E-state index in [1.165, 1.54) is 238 Å². The molecule has 17 nitrogen and oxygen atoms in total. The second-order valence-electron chi connectivity index (χ2n) is 28.9. The molecule has 98 heavy (non-hydrogen) atoms. The van der Waals surface area contributed by atoms with Crippen LogP contribution in [0.1, 0.15) is 420 Å². The fourth-order valence-electron chi connectivity index (χ4n) is 12.2. The SMILES string of the molecule is CCCCCCCCCCCCCCCCCCCCCCCC(=O)O[C@H](COC(=O)CCCCCCCCCCCCCCCCCC)COP(=O)(O)OC[C@@H](O)COP(=O)(O)OC[C@@H](COC(=O)CCCCCCCCCC(C)C)OC(=O)CCCCCCCCCCCCC. The lowest BCUT2D eigenvalue weighted by molar-refractivity contribution is -0.161. The maximum Gasteiger partial charge on any atom is 0.472 e. The fraction of sp³-hybridized carbons (Fsp3) is 0.949. The number of esters is 4. The number of ether oxygens (including phenoxy) is 4. The van der Waals surface area contributed by atoms with E-state index < -0.39 is 97.5 Å². The van der Waals surface area contributed by atoms with Crippen LogP contribution in [0.4, 0.5) is 0 Å². The lowest BCUT2D eigenvalue weighted by Gasteiger charge is -2.21. The summed E-state index contributed by atoms with van der Waals surface area (Å²) in [4.78, 5) is 72.9. The van der Waals surface area contributed by atoms with Crippen LogP contribution in [0.2, 0.25) is 0 Å². The molecule has 0 aromatic heterocycles. The van der Waals surface area contributed by atoms with Crippen LogP contribution in [-0.2, 0) is 65.4 Å². The lowest BCUT2D eigenvalue weighted by atomic mass is 10.0. The van der Waals surface area contributed by atoms with Gasteiger partial charge in [0.2, 0.25) is 0 Å². The van der Waals surface area contributed by atoms with E-state index in [9.17, 15) is 43.2 Å². The fourth-order valence-corrected chi connectivity index (χ4v) is 13.8. The van der Waals surface area contributed by atoms with E-state index in [2.05, 4.69) is 34.6 Å². The van der Waals surface area contributed by atoms with Crippen LogP contribution >= 0.6 is 15.6 Å². The molecular formula is C79H154O17P2. The Kier molecular flexibility index (Phi) is 70.6. The van der Waals surface area contributed by atoms with E-state index in [0.717, 1.165) is 96.3 Å². The van der Waals surface area contributed by atoms with Gasteiger partial charge >= 0.3 is 39.5 Å². The third kappa shape index (κ3) is 72.4. The van der Waals surface area contributed by atoms with Crippen molar-refractivity contribution in [2.24, 2.45) is 5.92 Å². The first-order valence-electron chi connectivity index (χ1n) is 41.1. The zero-order chi connectivity index (χ0) is 71.9. The minimum Gasteiger partial charge on any atom is -0.462 e. The third-order valence-electron chi connectivity index (χ3n) is 18.5. The molecule has 5 atom stereocenters. The van der Waals surface area contributed by atoms with Gasteiger partial charge in [-0.05, 0) is 31.6 Å². The minimum atomic E-state index is -4.96. The largest absolute Gasteiger partial charge is 0.472 e. The second-order valence-corrected chi connectivity index (χ2v) is 31.8. The number of unbranched alkanes of at least 4 members (excludes halogenated alkanes) is 51. The average molecular weight is 1440 g/mol. The van der Waals surface area contributed by atoms with Crippen molar-refractivity contribution >= 4 is 39.5 Å². The van der Waals surface area contributed by atoms with Crippen LogP contribution in [0, 0.1) is 5.92 Å². The van der Waals surface area contributed by atoms with E-state index in [4.69, 9.17) is 37.0 Å². The van der Waals surface area contributed by atoms with Crippen LogP contribution in [-0.4, -0.2) is 96.7 Å². The van der Waals surface area contributed by atoms with Gasteiger partial charge in [0.1, 0.15) is 19.3 Å². The van der Waals surface area contributed by atoms with Gasteiger partial charge in [-0.2, -0.15) is 0 Å². The molecule has 0 aromatic rings. The summed E-state index contributed by atoms with van der Waals surface area (Å²) in [7, 11) is -9.91. The van der Waals surface area contributed by atoms with Crippen molar-refractivity contribution < 1.29 is 80.2 Å². The highest BCUT2D eigenvalue weighted by atomic mass is 31.2. The summed E-state index contributed by atoms with van der Waals surface area (Å²) in [5, 5.41) is 10.6. The van der Waals surface area contributed by atoms with Gasteiger partial charge in [0.25, 0.3) is 0 Å². The molecule has 19 heteroatoms. The van der Waals surface area contributed by atoms with Crippen molar-refractivity contribution in [3.05, 3.63) is 0 Å². The number of carbonyl (C=O) groups excluding carboxylic acids is 4. The first kappa shape index (κ1) is 96.1. The number of carbonyl (C=O) groups is 4. The molecule has 582 valence electrons. The number of phosphoric acid groups is 2. The Morgan fingerprint density at radius 1 is 0.276 bits per heavy atom. The molecule has 0 heterocycles. The molecule has 0 aliphatic heterocycles. The van der Waals surface area contributed by atoms with Crippen molar-refractivity contribution in [2.45, 2.75) is 438 Å². The molecular weight excluding hydrogens is 1280 g/mol. The number of phosphoric ester groups is 2. The third-order valence-corrected chi connectivity index (χ3v) is 20.4. The molecule has 0 fully saturated rings. The molecule has 3 N–H and O–H groups in total. The highest BCUT2D eigenvalue weighted by Crippen LogP contribution is 2.45. The number of hydrogen-bond acceptors (Lipinski definition) is 15. The first-order valence-corrected chi connectivity index (χ1v) is 44.1. The van der Waals surface area contributed by atoms with E-state index >= 15 is 0 Å². The Morgan fingerprint density at radius 3 is 0.694 bits per heavy atom. The van der Waals surface area contributed by atoms with Gasteiger partial charge < -0.3 is 33.8 Å². The molecule has 0 saturated carbocycles. The average Bonchev–Trinajstić information content (AvgIpc) is 1.12. The van der Waals surface area contributed by atoms with Crippen LogP contribution in [0.3, 0.4) is 0 Å². The number of aliphatic hydroxyl groups excluding tert-OH is 1.